The Morgan fingerprint density at radius 1 is 1.47 bits per heavy atom. The molecule has 1 saturated heterocycles. The van der Waals surface area contributed by atoms with Crippen LogP contribution in [0.25, 0.3) is 0 Å². The Hall–Kier alpha value is -0.500. The first-order valence-corrected chi connectivity index (χ1v) is 7.28. The van der Waals surface area contributed by atoms with Crippen molar-refractivity contribution in [1.29, 1.82) is 0 Å². The van der Waals surface area contributed by atoms with Gasteiger partial charge in [-0.25, -0.2) is 12.8 Å². The molecule has 1 aliphatic heterocycles. The third kappa shape index (κ3) is 2.52. The van der Waals surface area contributed by atoms with E-state index in [0.29, 0.717) is 6.42 Å². The fourth-order valence-corrected chi connectivity index (χ4v) is 3.47. The normalized spacial score (nSPS) is 21.9. The van der Waals surface area contributed by atoms with Gasteiger partial charge in [-0.1, -0.05) is 0 Å². The van der Waals surface area contributed by atoms with E-state index in [9.17, 15) is 17.9 Å². The predicted octanol–water partition coefficient (Wildman–Crippen LogP) is 1.34. The average molecular weight is 324 g/mol. The standard InChI is InChI=1S/C10H11BrFNO3S/c11-9-2-1-8(5-10(9)12)17(15,16)13-4-3-7(14)6-13/h1-2,5,7,14H,3-4,6H2/t7-/m0/s1. The van der Waals surface area contributed by atoms with Crippen molar-refractivity contribution in [3.63, 3.8) is 0 Å². The maximum Gasteiger partial charge on any atom is 0.243 e. The summed E-state index contributed by atoms with van der Waals surface area (Å²) in [4.78, 5) is -0.0905. The summed E-state index contributed by atoms with van der Waals surface area (Å²) in [6.45, 7) is 0.335. The van der Waals surface area contributed by atoms with Crippen LogP contribution >= 0.6 is 15.9 Å². The third-order valence-electron chi connectivity index (χ3n) is 2.65. The molecular weight excluding hydrogens is 313 g/mol. The minimum Gasteiger partial charge on any atom is -0.392 e. The van der Waals surface area contributed by atoms with Gasteiger partial charge in [-0.3, -0.25) is 0 Å². The molecule has 0 bridgehead atoms. The molecule has 1 aromatic rings. The zero-order valence-corrected chi connectivity index (χ0v) is 11.2. The Labute approximate surface area is 107 Å². The number of aliphatic hydroxyl groups excluding tert-OH is 1. The van der Waals surface area contributed by atoms with Crippen molar-refractivity contribution in [3.05, 3.63) is 28.5 Å². The largest absolute Gasteiger partial charge is 0.392 e. The Morgan fingerprint density at radius 3 is 2.71 bits per heavy atom. The number of benzene rings is 1. The summed E-state index contributed by atoms with van der Waals surface area (Å²) in [7, 11) is -3.70. The second-order valence-corrected chi connectivity index (χ2v) is 6.67. The summed E-state index contributed by atoms with van der Waals surface area (Å²) < 4.78 is 38.8. The van der Waals surface area contributed by atoms with Crippen LogP contribution in [0, 0.1) is 5.82 Å². The average Bonchev–Trinajstić information content (AvgIpc) is 2.69. The van der Waals surface area contributed by atoms with Gasteiger partial charge in [0.15, 0.2) is 0 Å². The van der Waals surface area contributed by atoms with Crippen LogP contribution in [0.5, 0.6) is 0 Å². The van der Waals surface area contributed by atoms with Crippen LogP contribution in [0.15, 0.2) is 27.6 Å². The van der Waals surface area contributed by atoms with Crippen LogP contribution in [0.2, 0.25) is 0 Å². The van der Waals surface area contributed by atoms with Gasteiger partial charge in [0.1, 0.15) is 5.82 Å². The maximum atomic E-state index is 13.3. The highest BCUT2D eigenvalue weighted by atomic mass is 79.9. The second-order valence-electron chi connectivity index (χ2n) is 3.88. The lowest BCUT2D eigenvalue weighted by atomic mass is 10.3. The summed E-state index contributed by atoms with van der Waals surface area (Å²) in [5, 5.41) is 9.32. The fourth-order valence-electron chi connectivity index (χ4n) is 1.72. The lowest BCUT2D eigenvalue weighted by Gasteiger charge is -2.15. The number of hydrogen-bond acceptors (Lipinski definition) is 3. The van der Waals surface area contributed by atoms with E-state index in [1.165, 1.54) is 16.4 Å². The molecule has 0 aromatic heterocycles. The highest BCUT2D eigenvalue weighted by molar-refractivity contribution is 9.10. The van der Waals surface area contributed by atoms with E-state index < -0.39 is 21.9 Å². The zero-order valence-electron chi connectivity index (χ0n) is 8.81. The Morgan fingerprint density at radius 2 is 2.18 bits per heavy atom. The molecule has 1 aliphatic rings. The van der Waals surface area contributed by atoms with Crippen LogP contribution in [-0.2, 0) is 10.0 Å². The number of halogens is 2. The van der Waals surface area contributed by atoms with Crippen LogP contribution in [-0.4, -0.2) is 37.0 Å². The van der Waals surface area contributed by atoms with Crippen LogP contribution in [0.4, 0.5) is 4.39 Å². The monoisotopic (exact) mass is 323 g/mol. The van der Waals surface area contributed by atoms with Crippen molar-refractivity contribution < 1.29 is 17.9 Å². The SMILES string of the molecule is O=S(=O)(c1ccc(Br)c(F)c1)N1CC[C@H](O)C1. The fraction of sp³-hybridized carbons (Fsp3) is 0.400. The molecule has 0 saturated carbocycles. The van der Waals surface area contributed by atoms with Crippen LogP contribution < -0.4 is 0 Å². The minimum absolute atomic E-state index is 0.0695. The van der Waals surface area contributed by atoms with E-state index in [0.717, 1.165) is 6.07 Å². The van der Waals surface area contributed by atoms with E-state index in [2.05, 4.69) is 15.9 Å². The molecule has 17 heavy (non-hydrogen) atoms. The molecule has 1 aromatic carbocycles. The summed E-state index contributed by atoms with van der Waals surface area (Å²) >= 11 is 2.97. The molecule has 1 N–H and O–H groups in total. The van der Waals surface area contributed by atoms with E-state index in [4.69, 9.17) is 0 Å². The van der Waals surface area contributed by atoms with E-state index in [1.54, 1.807) is 0 Å². The van der Waals surface area contributed by atoms with Crippen LogP contribution in [0.1, 0.15) is 6.42 Å². The second kappa shape index (κ2) is 4.64. The summed E-state index contributed by atoms with van der Waals surface area (Å²) in [5.74, 6) is -0.620. The van der Waals surface area contributed by atoms with Crippen molar-refractivity contribution in [2.24, 2.45) is 0 Å². The number of aliphatic hydroxyl groups is 1. The molecule has 7 heteroatoms. The number of nitrogens with zero attached hydrogens (tertiary/aromatic N) is 1. The molecular formula is C10H11BrFNO3S. The Balaban J connectivity index is 2.35. The van der Waals surface area contributed by atoms with Crippen molar-refractivity contribution in [1.82, 2.24) is 4.31 Å². The molecule has 2 rings (SSSR count). The molecule has 0 aliphatic carbocycles. The smallest absolute Gasteiger partial charge is 0.243 e. The highest BCUT2D eigenvalue weighted by Gasteiger charge is 2.31. The number of hydrogen-bond donors (Lipinski definition) is 1. The molecule has 4 nitrogen and oxygen atoms in total. The topological polar surface area (TPSA) is 57.6 Å². The first-order chi connectivity index (χ1) is 7.91. The highest BCUT2D eigenvalue weighted by Crippen LogP contribution is 2.24. The predicted molar refractivity (Wildman–Crippen MR) is 63.5 cm³/mol. The van der Waals surface area contributed by atoms with Gasteiger partial charge in [-0.05, 0) is 40.5 Å². The molecule has 94 valence electrons. The van der Waals surface area contributed by atoms with Crippen molar-refractivity contribution in [2.75, 3.05) is 13.1 Å². The van der Waals surface area contributed by atoms with Gasteiger partial charge in [-0.15, -0.1) is 0 Å². The third-order valence-corrected chi connectivity index (χ3v) is 5.16. The van der Waals surface area contributed by atoms with E-state index in [1.807, 2.05) is 0 Å². The summed E-state index contributed by atoms with van der Waals surface area (Å²) in [6, 6.07) is 3.67. The van der Waals surface area contributed by atoms with Crippen molar-refractivity contribution in [2.45, 2.75) is 17.4 Å². The number of sulfonamides is 1. The number of rotatable bonds is 2. The van der Waals surface area contributed by atoms with Gasteiger partial charge >= 0.3 is 0 Å². The van der Waals surface area contributed by atoms with Gasteiger partial charge in [0.25, 0.3) is 0 Å². The maximum absolute atomic E-state index is 13.3. The summed E-state index contributed by atoms with van der Waals surface area (Å²) in [5.41, 5.74) is 0. The molecule has 1 atom stereocenters. The van der Waals surface area contributed by atoms with Crippen molar-refractivity contribution >= 4 is 26.0 Å². The summed E-state index contributed by atoms with van der Waals surface area (Å²) in [6.07, 6.45) is -0.219. The molecule has 0 unspecified atom stereocenters. The lowest BCUT2D eigenvalue weighted by molar-refractivity contribution is 0.189. The van der Waals surface area contributed by atoms with Crippen LogP contribution in [0.3, 0.4) is 0 Å². The molecule has 0 amide bonds. The van der Waals surface area contributed by atoms with E-state index in [-0.39, 0.29) is 22.5 Å². The molecule has 1 fully saturated rings. The first kappa shape index (κ1) is 12.9. The van der Waals surface area contributed by atoms with Crippen molar-refractivity contribution in [3.8, 4) is 0 Å². The zero-order chi connectivity index (χ0) is 12.6. The quantitative estimate of drug-likeness (QED) is 0.893. The lowest BCUT2D eigenvalue weighted by Crippen LogP contribution is -2.29. The van der Waals surface area contributed by atoms with Gasteiger partial charge < -0.3 is 5.11 Å². The molecule has 1 heterocycles. The number of β-amino-alcohol motifs (C(OH)–C–C–N with tert-alkyl or cyclic N) is 1. The van der Waals surface area contributed by atoms with Gasteiger partial charge in [0.2, 0.25) is 10.0 Å². The van der Waals surface area contributed by atoms with Gasteiger partial charge in [0.05, 0.1) is 15.5 Å². The van der Waals surface area contributed by atoms with Gasteiger partial charge in [0, 0.05) is 13.1 Å². The Kier molecular flexibility index (Phi) is 3.53. The first-order valence-electron chi connectivity index (χ1n) is 5.04. The molecule has 0 radical (unpaired) electrons. The van der Waals surface area contributed by atoms with Gasteiger partial charge in [-0.2, -0.15) is 4.31 Å². The van der Waals surface area contributed by atoms with E-state index >= 15 is 0 Å². The minimum atomic E-state index is -3.70. The molecule has 0 spiro atoms. The Bertz CT molecular complexity index is 534.